The quantitative estimate of drug-likeness (QED) is 0.858. The molecule has 28 heavy (non-hydrogen) atoms. The Labute approximate surface area is 164 Å². The number of fused-ring (bicyclic) bond motifs is 1. The van der Waals surface area contributed by atoms with Gasteiger partial charge < -0.3 is 14.7 Å². The smallest absolute Gasteiger partial charge is 0.254 e. The van der Waals surface area contributed by atoms with Crippen LogP contribution < -0.4 is 4.74 Å². The van der Waals surface area contributed by atoms with Crippen LogP contribution >= 0.6 is 0 Å². The predicted octanol–water partition coefficient (Wildman–Crippen LogP) is 4.34. The number of ether oxygens (including phenoxy) is 1. The zero-order valence-electron chi connectivity index (χ0n) is 16.1. The first-order valence-electron chi connectivity index (χ1n) is 9.95. The van der Waals surface area contributed by atoms with Crippen molar-refractivity contribution in [2.75, 3.05) is 13.7 Å². The van der Waals surface area contributed by atoms with Crippen LogP contribution in [0.15, 0.2) is 48.5 Å². The molecule has 1 amide bonds. The molecule has 1 N–H and O–H groups in total. The summed E-state index contributed by atoms with van der Waals surface area (Å²) < 4.78 is 19.0. The Morgan fingerprint density at radius 3 is 2.68 bits per heavy atom. The van der Waals surface area contributed by atoms with Gasteiger partial charge in [0.15, 0.2) is 0 Å². The van der Waals surface area contributed by atoms with E-state index in [1.54, 1.807) is 19.2 Å². The first-order valence-corrected chi connectivity index (χ1v) is 9.95. The van der Waals surface area contributed by atoms with E-state index in [1.807, 2.05) is 29.2 Å². The predicted molar refractivity (Wildman–Crippen MR) is 105 cm³/mol. The summed E-state index contributed by atoms with van der Waals surface area (Å²) in [6, 6.07) is 13.3. The molecule has 3 atom stereocenters. The summed E-state index contributed by atoms with van der Waals surface area (Å²) >= 11 is 0. The summed E-state index contributed by atoms with van der Waals surface area (Å²) in [6.07, 6.45) is 4.26. The highest BCUT2D eigenvalue weighted by molar-refractivity contribution is 5.94. The third kappa shape index (κ3) is 3.39. The van der Waals surface area contributed by atoms with E-state index in [1.165, 1.54) is 12.1 Å². The lowest BCUT2D eigenvalue weighted by Gasteiger charge is -2.52. The van der Waals surface area contributed by atoms with Crippen molar-refractivity contribution in [3.63, 3.8) is 0 Å². The second-order valence-corrected chi connectivity index (χ2v) is 7.93. The van der Waals surface area contributed by atoms with Crippen molar-refractivity contribution in [2.45, 2.75) is 43.7 Å². The fraction of sp³-hybridized carbons (Fsp3) is 0.435. The van der Waals surface area contributed by atoms with Gasteiger partial charge in [0.05, 0.1) is 18.8 Å². The van der Waals surface area contributed by atoms with Crippen LogP contribution in [0.4, 0.5) is 4.39 Å². The molecule has 1 aliphatic carbocycles. The number of aliphatic hydroxyl groups is 1. The van der Waals surface area contributed by atoms with Gasteiger partial charge in [-0.2, -0.15) is 0 Å². The van der Waals surface area contributed by atoms with Crippen LogP contribution in [-0.2, 0) is 0 Å². The maximum absolute atomic E-state index is 13.7. The second kappa shape index (κ2) is 7.55. The lowest BCUT2D eigenvalue weighted by atomic mass is 9.66. The number of carbonyl (C=O) groups is 1. The second-order valence-electron chi connectivity index (χ2n) is 7.93. The zero-order valence-corrected chi connectivity index (χ0v) is 16.1. The molecule has 1 saturated carbocycles. The molecule has 2 aromatic carbocycles. The van der Waals surface area contributed by atoms with Crippen LogP contribution in [0.5, 0.6) is 5.75 Å². The number of likely N-dealkylation sites (tertiary alicyclic amines) is 1. The van der Waals surface area contributed by atoms with Gasteiger partial charge in [-0.25, -0.2) is 4.39 Å². The largest absolute Gasteiger partial charge is 0.497 e. The van der Waals surface area contributed by atoms with Crippen LogP contribution in [0.25, 0.3) is 0 Å². The minimum atomic E-state index is -0.748. The number of hydrogen-bond acceptors (Lipinski definition) is 3. The minimum absolute atomic E-state index is 0.0269. The van der Waals surface area contributed by atoms with Crippen molar-refractivity contribution in [3.8, 4) is 5.75 Å². The molecule has 0 bridgehead atoms. The van der Waals surface area contributed by atoms with Gasteiger partial charge in [0.1, 0.15) is 11.6 Å². The highest BCUT2D eigenvalue weighted by Crippen LogP contribution is 2.49. The number of carbonyl (C=O) groups excluding carboxylic acids is 1. The van der Waals surface area contributed by atoms with Crippen LogP contribution in [0.2, 0.25) is 0 Å². The third-order valence-corrected chi connectivity index (χ3v) is 6.36. The first-order chi connectivity index (χ1) is 13.5. The molecule has 0 unspecified atom stereocenters. The molecule has 0 radical (unpaired) electrons. The van der Waals surface area contributed by atoms with Crippen molar-refractivity contribution >= 4 is 5.91 Å². The number of rotatable bonds is 3. The number of benzene rings is 2. The summed E-state index contributed by atoms with van der Waals surface area (Å²) in [5.41, 5.74) is 0.581. The molecule has 4 nitrogen and oxygen atoms in total. The van der Waals surface area contributed by atoms with Crippen molar-refractivity contribution in [1.82, 2.24) is 4.90 Å². The van der Waals surface area contributed by atoms with E-state index in [-0.39, 0.29) is 17.9 Å². The van der Waals surface area contributed by atoms with Gasteiger partial charge in [-0.05, 0) is 55.2 Å². The highest BCUT2D eigenvalue weighted by atomic mass is 19.1. The van der Waals surface area contributed by atoms with Gasteiger partial charge in [-0.15, -0.1) is 0 Å². The molecule has 5 heteroatoms. The van der Waals surface area contributed by atoms with Crippen LogP contribution in [0.1, 0.15) is 54.1 Å². The number of hydrogen-bond donors (Lipinski definition) is 1. The first kappa shape index (κ1) is 18.9. The van der Waals surface area contributed by atoms with Crippen molar-refractivity contribution in [1.29, 1.82) is 0 Å². The molecule has 2 aliphatic rings. The Morgan fingerprint density at radius 2 is 1.96 bits per heavy atom. The summed E-state index contributed by atoms with van der Waals surface area (Å²) in [6.45, 7) is 0.457. The van der Waals surface area contributed by atoms with Crippen LogP contribution in [0.3, 0.4) is 0 Å². The van der Waals surface area contributed by atoms with Crippen molar-refractivity contribution in [2.24, 2.45) is 5.92 Å². The van der Waals surface area contributed by atoms with Gasteiger partial charge in [-0.1, -0.05) is 31.0 Å². The maximum Gasteiger partial charge on any atom is 0.254 e. The molecule has 1 aliphatic heterocycles. The molecular formula is C23H26FNO3. The summed E-state index contributed by atoms with van der Waals surface area (Å²) in [4.78, 5) is 15.1. The van der Waals surface area contributed by atoms with Gasteiger partial charge in [0, 0.05) is 18.0 Å². The van der Waals surface area contributed by atoms with E-state index in [0.717, 1.165) is 37.0 Å². The molecule has 4 rings (SSSR count). The van der Waals surface area contributed by atoms with E-state index in [9.17, 15) is 14.3 Å². The molecule has 1 heterocycles. The van der Waals surface area contributed by atoms with E-state index in [2.05, 4.69) is 0 Å². The minimum Gasteiger partial charge on any atom is -0.497 e. The van der Waals surface area contributed by atoms with Gasteiger partial charge in [0.2, 0.25) is 0 Å². The van der Waals surface area contributed by atoms with Crippen LogP contribution in [-0.4, -0.2) is 35.2 Å². The number of nitrogens with zero attached hydrogens (tertiary/aromatic N) is 1. The lowest BCUT2D eigenvalue weighted by molar-refractivity contribution is -0.115. The number of piperidine rings is 1. The zero-order chi connectivity index (χ0) is 19.7. The SMILES string of the molecule is COc1ccc([C@@H]2[C@H]3CCCC[C@]3(O)CCN2C(=O)c2cccc(F)c2)cc1. The average Bonchev–Trinajstić information content (AvgIpc) is 2.72. The number of amides is 1. The van der Waals surface area contributed by atoms with Crippen LogP contribution in [0, 0.1) is 11.7 Å². The van der Waals surface area contributed by atoms with Crippen molar-refractivity contribution < 1.29 is 19.0 Å². The topological polar surface area (TPSA) is 49.8 Å². The van der Waals surface area contributed by atoms with Crippen molar-refractivity contribution in [3.05, 3.63) is 65.5 Å². The highest BCUT2D eigenvalue weighted by Gasteiger charge is 2.50. The molecule has 2 fully saturated rings. The third-order valence-electron chi connectivity index (χ3n) is 6.36. The Bertz CT molecular complexity index is 853. The van der Waals surface area contributed by atoms with E-state index < -0.39 is 11.4 Å². The standard InChI is InChI=1S/C23H26FNO3/c1-28-19-10-8-16(9-11-19)21-20-7-2-3-12-23(20,27)13-14-25(21)22(26)17-5-4-6-18(24)15-17/h4-6,8-11,15,20-21,27H,2-3,7,12-14H2,1H3/t20-,21-,23+/m1/s1. The monoisotopic (exact) mass is 383 g/mol. The Balaban J connectivity index is 1.74. The molecule has 1 saturated heterocycles. The summed E-state index contributed by atoms with van der Waals surface area (Å²) in [5, 5.41) is 11.3. The van der Waals surface area contributed by atoms with E-state index >= 15 is 0 Å². The van der Waals surface area contributed by atoms with Gasteiger partial charge in [0.25, 0.3) is 5.91 Å². The number of halogens is 1. The molecular weight excluding hydrogens is 357 g/mol. The number of methoxy groups -OCH3 is 1. The molecule has 0 spiro atoms. The van der Waals surface area contributed by atoms with Gasteiger partial charge >= 0.3 is 0 Å². The van der Waals surface area contributed by atoms with Gasteiger partial charge in [-0.3, -0.25) is 4.79 Å². The lowest BCUT2D eigenvalue weighted by Crippen LogP contribution is -2.56. The summed E-state index contributed by atoms with van der Waals surface area (Å²) in [5.74, 6) is 0.119. The Kier molecular flexibility index (Phi) is 5.11. The molecule has 0 aromatic heterocycles. The summed E-state index contributed by atoms with van der Waals surface area (Å²) in [7, 11) is 1.62. The fourth-order valence-electron chi connectivity index (χ4n) is 4.91. The fourth-order valence-corrected chi connectivity index (χ4v) is 4.91. The van der Waals surface area contributed by atoms with E-state index in [0.29, 0.717) is 18.5 Å². The average molecular weight is 383 g/mol. The molecule has 148 valence electrons. The Hall–Kier alpha value is -2.40. The Morgan fingerprint density at radius 1 is 1.18 bits per heavy atom. The molecule has 2 aromatic rings. The van der Waals surface area contributed by atoms with E-state index in [4.69, 9.17) is 4.74 Å². The maximum atomic E-state index is 13.7. The normalized spacial score (nSPS) is 27.2.